The summed E-state index contributed by atoms with van der Waals surface area (Å²) in [6, 6.07) is 9.79. The average Bonchev–Trinajstić information content (AvgIpc) is 3.18. The van der Waals surface area contributed by atoms with E-state index in [2.05, 4.69) is 11.8 Å². The minimum atomic E-state index is -0.471. The van der Waals surface area contributed by atoms with Gasteiger partial charge in [-0.15, -0.1) is 0 Å². The van der Waals surface area contributed by atoms with E-state index >= 15 is 0 Å². The van der Waals surface area contributed by atoms with Gasteiger partial charge in [0, 0.05) is 11.5 Å². The Morgan fingerprint density at radius 1 is 1.26 bits per heavy atom. The van der Waals surface area contributed by atoms with Gasteiger partial charge in [0.1, 0.15) is 0 Å². The van der Waals surface area contributed by atoms with Crippen molar-refractivity contribution in [1.29, 1.82) is 0 Å². The van der Waals surface area contributed by atoms with Crippen LogP contribution in [0.4, 0.5) is 0 Å². The maximum atomic E-state index is 11.9. The van der Waals surface area contributed by atoms with Crippen LogP contribution in [0.2, 0.25) is 0 Å². The Hall–Kier alpha value is -1.75. The first-order chi connectivity index (χ1) is 8.97. The van der Waals surface area contributed by atoms with Crippen LogP contribution >= 0.6 is 0 Å². The van der Waals surface area contributed by atoms with Gasteiger partial charge < -0.3 is 4.74 Å². The van der Waals surface area contributed by atoms with Crippen LogP contribution in [0.5, 0.6) is 0 Å². The fraction of sp³-hybridized carbons (Fsp3) is 0.471. The van der Waals surface area contributed by atoms with E-state index in [4.69, 9.17) is 4.74 Å². The zero-order valence-corrected chi connectivity index (χ0v) is 11.8. The molecule has 1 aromatic carbocycles. The fourth-order valence-corrected chi connectivity index (χ4v) is 1.61. The molecule has 2 heteroatoms. The lowest BCUT2D eigenvalue weighted by Crippen LogP contribution is -2.28. The van der Waals surface area contributed by atoms with Crippen molar-refractivity contribution in [1.82, 2.24) is 0 Å². The number of carbonyl (C=O) groups is 1. The zero-order chi connectivity index (χ0) is 13.9. The maximum absolute atomic E-state index is 11.9. The van der Waals surface area contributed by atoms with Gasteiger partial charge in [0.05, 0.1) is 5.41 Å². The van der Waals surface area contributed by atoms with Gasteiger partial charge in [-0.2, -0.15) is 0 Å². The summed E-state index contributed by atoms with van der Waals surface area (Å²) in [6.45, 7) is 5.59. The second kappa shape index (κ2) is 5.48. The van der Waals surface area contributed by atoms with E-state index in [0.29, 0.717) is 5.92 Å². The summed E-state index contributed by atoms with van der Waals surface area (Å²) in [6.07, 6.45) is 1.95. The largest absolute Gasteiger partial charge is 0.448 e. The van der Waals surface area contributed by atoms with Crippen LogP contribution in [-0.4, -0.2) is 12.1 Å². The Labute approximate surface area is 115 Å². The Bertz CT molecular complexity index is 496. The standard InChI is InChI=1S/C17H20O2/c1-17(2,3)16(18)19-15(14-10-11-14)12-9-13-7-5-4-6-8-13/h4-8,14-15H,10-11H2,1-3H3. The molecule has 0 radical (unpaired) electrons. The Kier molecular flexibility index (Phi) is 3.95. The zero-order valence-electron chi connectivity index (χ0n) is 11.8. The molecular formula is C17H20O2. The number of hydrogen-bond acceptors (Lipinski definition) is 2. The Morgan fingerprint density at radius 3 is 2.42 bits per heavy atom. The van der Waals surface area contributed by atoms with E-state index in [1.54, 1.807) is 0 Å². The van der Waals surface area contributed by atoms with Crippen molar-refractivity contribution in [3.05, 3.63) is 35.9 Å². The number of carbonyl (C=O) groups excluding carboxylic acids is 1. The van der Waals surface area contributed by atoms with Crippen LogP contribution in [0.1, 0.15) is 39.2 Å². The van der Waals surface area contributed by atoms with Crippen LogP contribution in [0, 0.1) is 23.2 Å². The lowest BCUT2D eigenvalue weighted by atomic mass is 9.97. The molecule has 2 nitrogen and oxygen atoms in total. The van der Waals surface area contributed by atoms with Crippen molar-refractivity contribution < 1.29 is 9.53 Å². The number of benzene rings is 1. The average molecular weight is 256 g/mol. The van der Waals surface area contributed by atoms with E-state index in [1.165, 1.54) is 0 Å². The molecule has 1 aliphatic carbocycles. The van der Waals surface area contributed by atoms with Crippen molar-refractivity contribution in [3.63, 3.8) is 0 Å². The van der Waals surface area contributed by atoms with Crippen LogP contribution in [0.3, 0.4) is 0 Å². The first-order valence-corrected chi connectivity index (χ1v) is 6.74. The summed E-state index contributed by atoms with van der Waals surface area (Å²) in [5.41, 5.74) is 0.488. The highest BCUT2D eigenvalue weighted by Gasteiger charge is 2.35. The predicted octanol–water partition coefficient (Wildman–Crippen LogP) is 3.41. The van der Waals surface area contributed by atoms with Crippen molar-refractivity contribution in [2.75, 3.05) is 0 Å². The number of esters is 1. The molecule has 1 saturated carbocycles. The van der Waals surface area contributed by atoms with E-state index in [1.807, 2.05) is 51.1 Å². The van der Waals surface area contributed by atoms with E-state index in [0.717, 1.165) is 18.4 Å². The van der Waals surface area contributed by atoms with Gasteiger partial charge in [-0.1, -0.05) is 30.0 Å². The molecule has 0 aromatic heterocycles. The molecular weight excluding hydrogens is 236 g/mol. The normalized spacial score (nSPS) is 16.2. The molecule has 0 heterocycles. The first-order valence-electron chi connectivity index (χ1n) is 6.74. The second-order valence-corrected chi connectivity index (χ2v) is 6.05. The molecule has 1 atom stereocenters. The summed E-state index contributed by atoms with van der Waals surface area (Å²) < 4.78 is 5.55. The molecule has 1 fully saturated rings. The lowest BCUT2D eigenvalue weighted by molar-refractivity contribution is -0.156. The monoisotopic (exact) mass is 256 g/mol. The minimum absolute atomic E-state index is 0.174. The van der Waals surface area contributed by atoms with Crippen molar-refractivity contribution in [2.45, 2.75) is 39.7 Å². The fourth-order valence-electron chi connectivity index (χ4n) is 1.61. The molecule has 0 N–H and O–H groups in total. The van der Waals surface area contributed by atoms with E-state index < -0.39 is 5.41 Å². The minimum Gasteiger partial charge on any atom is -0.448 e. The van der Waals surface area contributed by atoms with Crippen LogP contribution in [0.25, 0.3) is 0 Å². The van der Waals surface area contributed by atoms with Crippen LogP contribution in [-0.2, 0) is 9.53 Å². The molecule has 100 valence electrons. The quantitative estimate of drug-likeness (QED) is 0.599. The molecule has 19 heavy (non-hydrogen) atoms. The third-order valence-corrected chi connectivity index (χ3v) is 3.03. The molecule has 0 spiro atoms. The van der Waals surface area contributed by atoms with Gasteiger partial charge in [-0.05, 0) is 45.7 Å². The number of hydrogen-bond donors (Lipinski definition) is 0. The molecule has 0 saturated heterocycles. The molecule has 0 aliphatic heterocycles. The summed E-state index contributed by atoms with van der Waals surface area (Å²) in [5, 5.41) is 0. The van der Waals surface area contributed by atoms with Crippen LogP contribution in [0.15, 0.2) is 30.3 Å². The molecule has 1 aliphatic rings. The third kappa shape index (κ3) is 4.13. The van der Waals surface area contributed by atoms with Gasteiger partial charge in [0.15, 0.2) is 6.10 Å². The van der Waals surface area contributed by atoms with E-state index in [-0.39, 0.29) is 12.1 Å². The number of rotatable bonds is 2. The molecule has 1 unspecified atom stereocenters. The van der Waals surface area contributed by atoms with Crippen molar-refractivity contribution in [3.8, 4) is 11.8 Å². The maximum Gasteiger partial charge on any atom is 0.312 e. The summed E-state index contributed by atoms with van der Waals surface area (Å²) in [7, 11) is 0. The number of ether oxygens (including phenoxy) is 1. The van der Waals surface area contributed by atoms with Crippen LogP contribution < -0.4 is 0 Å². The highest BCUT2D eigenvalue weighted by atomic mass is 16.5. The summed E-state index contributed by atoms with van der Waals surface area (Å²) in [5.74, 6) is 6.45. The summed E-state index contributed by atoms with van der Waals surface area (Å²) in [4.78, 5) is 11.9. The van der Waals surface area contributed by atoms with E-state index in [9.17, 15) is 4.79 Å². The smallest absolute Gasteiger partial charge is 0.312 e. The Balaban J connectivity index is 2.06. The van der Waals surface area contributed by atoms with Crippen molar-refractivity contribution >= 4 is 5.97 Å². The summed E-state index contributed by atoms with van der Waals surface area (Å²) >= 11 is 0. The highest BCUT2D eigenvalue weighted by molar-refractivity contribution is 5.75. The first kappa shape index (κ1) is 13.7. The SMILES string of the molecule is CC(C)(C)C(=O)OC(C#Cc1ccccc1)C1CC1. The van der Waals surface area contributed by atoms with Gasteiger partial charge in [-0.25, -0.2) is 0 Å². The van der Waals surface area contributed by atoms with Gasteiger partial charge in [0.25, 0.3) is 0 Å². The van der Waals surface area contributed by atoms with Gasteiger partial charge >= 0.3 is 5.97 Å². The topological polar surface area (TPSA) is 26.3 Å². The van der Waals surface area contributed by atoms with Gasteiger partial charge in [-0.3, -0.25) is 4.79 Å². The Morgan fingerprint density at radius 2 is 1.89 bits per heavy atom. The highest BCUT2D eigenvalue weighted by Crippen LogP contribution is 2.35. The molecule has 1 aromatic rings. The lowest BCUT2D eigenvalue weighted by Gasteiger charge is -2.20. The molecule has 0 bridgehead atoms. The van der Waals surface area contributed by atoms with Gasteiger partial charge in [0.2, 0.25) is 0 Å². The van der Waals surface area contributed by atoms with Crippen molar-refractivity contribution in [2.24, 2.45) is 11.3 Å². The molecule has 0 amide bonds. The third-order valence-electron chi connectivity index (χ3n) is 3.03. The predicted molar refractivity (Wildman–Crippen MR) is 75.4 cm³/mol. The second-order valence-electron chi connectivity index (χ2n) is 6.05. The molecule has 2 rings (SSSR count).